The first-order chi connectivity index (χ1) is 27.1. The average molecular weight is 776 g/mol. The van der Waals surface area contributed by atoms with Crippen LogP contribution in [-0.2, 0) is 28.6 Å². The molecule has 2 unspecified atom stereocenters. The highest BCUT2D eigenvalue weighted by molar-refractivity contribution is 5.70. The van der Waals surface area contributed by atoms with E-state index in [1.54, 1.807) is 21.1 Å². The molecule has 56 heavy (non-hydrogen) atoms. The zero-order chi connectivity index (χ0) is 41.4. The minimum atomic E-state index is -1.15. The molecule has 8 nitrogen and oxygen atoms in total. The van der Waals surface area contributed by atoms with Gasteiger partial charge in [0.2, 0.25) is 0 Å². The number of allylic oxidation sites excluding steroid dienone is 20. The Balaban J connectivity index is 4.59. The van der Waals surface area contributed by atoms with E-state index in [4.69, 9.17) is 14.2 Å². The predicted octanol–water partition coefficient (Wildman–Crippen LogP) is 9.74. The van der Waals surface area contributed by atoms with Crippen LogP contribution in [0.1, 0.15) is 110 Å². The summed E-state index contributed by atoms with van der Waals surface area (Å²) in [5, 5.41) is 11.6. The number of esters is 2. The van der Waals surface area contributed by atoms with E-state index in [9.17, 15) is 19.5 Å². The van der Waals surface area contributed by atoms with Crippen molar-refractivity contribution in [3.8, 4) is 0 Å². The molecule has 0 amide bonds. The molecule has 312 valence electrons. The van der Waals surface area contributed by atoms with Gasteiger partial charge in [0.05, 0.1) is 40.3 Å². The first-order valence-electron chi connectivity index (χ1n) is 20.6. The number of ether oxygens (including phenoxy) is 3. The normalized spacial score (nSPS) is 14.2. The molecule has 0 fully saturated rings. The largest absolute Gasteiger partial charge is 0.544 e. The third kappa shape index (κ3) is 35.4. The Kier molecular flexibility index (Phi) is 34.8. The van der Waals surface area contributed by atoms with Crippen molar-refractivity contribution in [3.63, 3.8) is 0 Å². The highest BCUT2D eigenvalue weighted by Gasteiger charge is 2.25. The fourth-order valence-corrected chi connectivity index (χ4v) is 5.07. The summed E-state index contributed by atoms with van der Waals surface area (Å²) in [5.41, 5.74) is 0. The fraction of sp³-hybridized carbons (Fsp3) is 0.521. The smallest absolute Gasteiger partial charge is 0.306 e. The lowest BCUT2D eigenvalue weighted by Gasteiger charge is -2.34. The van der Waals surface area contributed by atoms with Crippen LogP contribution >= 0.6 is 0 Å². The molecule has 0 aromatic heterocycles. The maximum atomic E-state index is 12.7. The SMILES string of the molecule is CC/C=C/C=C/C=C/C=C/C=C/CCCCCC(=O)OC(COCCC(C(=O)[O-])[N+](C)(C)C)COC(=O)CCC/C=C/C/C=C/C/C=C/C/C=C/C/C=C/CC. The summed E-state index contributed by atoms with van der Waals surface area (Å²) in [6.45, 7) is 4.25. The maximum absolute atomic E-state index is 12.7. The second kappa shape index (κ2) is 37.6. The van der Waals surface area contributed by atoms with Crippen LogP contribution in [0.5, 0.6) is 0 Å². The Morgan fingerprint density at radius 2 is 1.05 bits per heavy atom. The second-order valence-electron chi connectivity index (χ2n) is 14.2. The van der Waals surface area contributed by atoms with Crippen LogP contribution in [0.2, 0.25) is 0 Å². The molecule has 0 aliphatic rings. The number of likely N-dealkylation sites (N-methyl/N-ethyl adjacent to an activating group) is 1. The van der Waals surface area contributed by atoms with Crippen LogP contribution in [-0.4, -0.2) is 75.5 Å². The predicted molar refractivity (Wildman–Crippen MR) is 230 cm³/mol. The van der Waals surface area contributed by atoms with Gasteiger partial charge in [-0.1, -0.05) is 142 Å². The lowest BCUT2D eigenvalue weighted by Crippen LogP contribution is -2.55. The zero-order valence-corrected chi connectivity index (χ0v) is 35.2. The second-order valence-corrected chi connectivity index (χ2v) is 14.2. The van der Waals surface area contributed by atoms with E-state index < -0.39 is 18.1 Å². The Labute approximate surface area is 340 Å². The van der Waals surface area contributed by atoms with E-state index in [0.29, 0.717) is 12.8 Å². The summed E-state index contributed by atoms with van der Waals surface area (Å²) in [6, 6.07) is -0.750. The van der Waals surface area contributed by atoms with Gasteiger partial charge in [-0.05, 0) is 70.6 Å². The average Bonchev–Trinajstić information content (AvgIpc) is 3.15. The number of hydrogen-bond acceptors (Lipinski definition) is 7. The van der Waals surface area contributed by atoms with Gasteiger partial charge in [-0.15, -0.1) is 0 Å². The van der Waals surface area contributed by atoms with E-state index >= 15 is 0 Å². The molecule has 2 atom stereocenters. The number of unbranched alkanes of at least 4 members (excludes halogenated alkanes) is 4. The van der Waals surface area contributed by atoms with E-state index in [-0.39, 0.29) is 55.5 Å². The molecule has 0 radical (unpaired) electrons. The molecule has 0 aliphatic carbocycles. The number of carboxylic acids is 1. The fourth-order valence-electron chi connectivity index (χ4n) is 5.07. The topological polar surface area (TPSA) is 102 Å². The van der Waals surface area contributed by atoms with Gasteiger partial charge in [0.15, 0.2) is 6.10 Å². The number of nitrogens with zero attached hydrogens (tertiary/aromatic N) is 1. The molecular formula is C48H73NO7. The summed E-state index contributed by atoms with van der Waals surface area (Å²) in [5.74, 6) is -1.89. The molecule has 0 saturated heterocycles. The van der Waals surface area contributed by atoms with Crippen molar-refractivity contribution < 1.29 is 38.2 Å². The number of aliphatic carboxylic acids is 1. The van der Waals surface area contributed by atoms with Crippen LogP contribution in [0.4, 0.5) is 0 Å². The summed E-state index contributed by atoms with van der Waals surface area (Å²) in [7, 11) is 5.35. The van der Waals surface area contributed by atoms with Crippen molar-refractivity contribution in [2.45, 2.75) is 122 Å². The lowest BCUT2D eigenvalue weighted by atomic mass is 10.1. The Bertz CT molecular complexity index is 1320. The number of carbonyl (C=O) groups is 3. The minimum Gasteiger partial charge on any atom is -0.544 e. The molecule has 0 aromatic carbocycles. The molecule has 0 saturated carbocycles. The molecule has 0 aromatic rings. The van der Waals surface area contributed by atoms with Crippen molar-refractivity contribution in [3.05, 3.63) is 122 Å². The van der Waals surface area contributed by atoms with Crippen molar-refractivity contribution in [2.24, 2.45) is 0 Å². The molecule has 8 heteroatoms. The molecule has 0 spiro atoms. The van der Waals surface area contributed by atoms with Crippen LogP contribution in [0.15, 0.2) is 122 Å². The van der Waals surface area contributed by atoms with Gasteiger partial charge in [-0.3, -0.25) is 9.59 Å². The van der Waals surface area contributed by atoms with Crippen molar-refractivity contribution in [1.29, 1.82) is 0 Å². The molecular weight excluding hydrogens is 703 g/mol. The van der Waals surface area contributed by atoms with Gasteiger partial charge in [0.25, 0.3) is 0 Å². The maximum Gasteiger partial charge on any atom is 0.306 e. The van der Waals surface area contributed by atoms with E-state index in [1.165, 1.54) is 0 Å². The Morgan fingerprint density at radius 1 is 0.554 bits per heavy atom. The standard InChI is InChI=1S/C48H73NO7/c1-6-8-10-12-14-16-18-20-22-23-25-26-28-30-32-34-36-38-46(50)55-43-44(42-54-41-40-45(48(52)53)49(3,4)5)56-47(51)39-37-35-33-31-29-27-24-21-19-17-15-13-11-9-7-2/h8-11,13-17,19-22,24-27,29-30,32,44-45H,6-7,12,18,23,28,31,33-43H2,1-5H3/b10-8+,11-9+,15-13+,16-14+,19-17+,22-20+,24-21+,26-25+,29-27+,32-30+. The number of hydrogen-bond donors (Lipinski definition) is 0. The summed E-state index contributed by atoms with van der Waals surface area (Å²) < 4.78 is 17.0. The molecule has 0 heterocycles. The van der Waals surface area contributed by atoms with E-state index in [2.05, 4.69) is 86.8 Å². The number of quaternary nitrogens is 1. The Hall–Kier alpha value is -4.27. The molecule has 0 bridgehead atoms. The van der Waals surface area contributed by atoms with Crippen molar-refractivity contribution >= 4 is 17.9 Å². The summed E-state index contributed by atoms with van der Waals surface area (Å²) in [4.78, 5) is 36.8. The van der Waals surface area contributed by atoms with Crippen LogP contribution in [0.3, 0.4) is 0 Å². The third-order valence-electron chi connectivity index (χ3n) is 8.22. The van der Waals surface area contributed by atoms with Gasteiger partial charge in [-0.25, -0.2) is 0 Å². The highest BCUT2D eigenvalue weighted by Crippen LogP contribution is 2.10. The van der Waals surface area contributed by atoms with Crippen molar-refractivity contribution in [2.75, 3.05) is 41.0 Å². The van der Waals surface area contributed by atoms with Crippen molar-refractivity contribution in [1.82, 2.24) is 0 Å². The van der Waals surface area contributed by atoms with Gasteiger partial charge >= 0.3 is 11.9 Å². The van der Waals surface area contributed by atoms with Gasteiger partial charge in [0, 0.05) is 19.3 Å². The highest BCUT2D eigenvalue weighted by atomic mass is 16.6. The van der Waals surface area contributed by atoms with Crippen LogP contribution < -0.4 is 5.11 Å². The lowest BCUT2D eigenvalue weighted by molar-refractivity contribution is -0.889. The first kappa shape index (κ1) is 51.7. The minimum absolute atomic E-state index is 0.00431. The zero-order valence-electron chi connectivity index (χ0n) is 35.2. The van der Waals surface area contributed by atoms with Gasteiger partial charge in [-0.2, -0.15) is 0 Å². The molecule has 0 N–H and O–H groups in total. The van der Waals surface area contributed by atoms with E-state index in [0.717, 1.165) is 64.2 Å². The molecule has 0 aliphatic heterocycles. The third-order valence-corrected chi connectivity index (χ3v) is 8.22. The quantitative estimate of drug-likeness (QED) is 0.0211. The van der Waals surface area contributed by atoms with Gasteiger partial charge < -0.3 is 28.6 Å². The number of carbonyl (C=O) groups excluding carboxylic acids is 3. The first-order valence-corrected chi connectivity index (χ1v) is 20.6. The number of carboxylic acid groups (broad SMARTS) is 1. The van der Waals surface area contributed by atoms with Gasteiger partial charge in [0.1, 0.15) is 12.6 Å². The molecule has 0 rings (SSSR count). The summed E-state index contributed by atoms with van der Waals surface area (Å²) >= 11 is 0. The number of rotatable bonds is 34. The van der Waals surface area contributed by atoms with Crippen LogP contribution in [0, 0.1) is 0 Å². The van der Waals surface area contributed by atoms with E-state index in [1.807, 2.05) is 48.6 Å². The van der Waals surface area contributed by atoms with Crippen LogP contribution in [0.25, 0.3) is 0 Å². The monoisotopic (exact) mass is 776 g/mol. The Morgan fingerprint density at radius 3 is 1.61 bits per heavy atom. The summed E-state index contributed by atoms with van der Waals surface area (Å²) in [6.07, 6.45) is 52.3.